The van der Waals surface area contributed by atoms with Crippen LogP contribution >= 0.6 is 0 Å². The van der Waals surface area contributed by atoms with Crippen LogP contribution in [0.5, 0.6) is 0 Å². The number of hydrogen-bond donors (Lipinski definition) is 2. The summed E-state index contributed by atoms with van der Waals surface area (Å²) < 4.78 is 1.36. The molecule has 0 spiro atoms. The minimum atomic E-state index is -0.00796. The van der Waals surface area contributed by atoms with Crippen molar-refractivity contribution in [2.45, 2.75) is 17.8 Å². The maximum absolute atomic E-state index is 9.39. The summed E-state index contributed by atoms with van der Waals surface area (Å²) in [6.07, 6.45) is 0. The van der Waals surface area contributed by atoms with Crippen molar-refractivity contribution >= 4 is 19.4 Å². The van der Waals surface area contributed by atoms with Crippen LogP contribution in [-0.4, -0.2) is 20.2 Å². The van der Waals surface area contributed by atoms with Crippen molar-refractivity contribution in [2.24, 2.45) is 0 Å². The second kappa shape index (κ2) is 6.72. The summed E-state index contributed by atoms with van der Waals surface area (Å²) in [5.41, 5.74) is 3.58. The molecule has 2 N–H and O–H groups in total. The Bertz CT molecular complexity index is 460. The van der Waals surface area contributed by atoms with Crippen LogP contribution in [0.3, 0.4) is 0 Å². The molecule has 0 aliphatic rings. The summed E-state index contributed by atoms with van der Waals surface area (Å²) in [6, 6.07) is 20.5. The molecule has 0 amide bonds. The number of rotatable bonds is 5. The zero-order chi connectivity index (χ0) is 12.8. The van der Waals surface area contributed by atoms with Gasteiger partial charge in [0.2, 0.25) is 0 Å². The molecule has 2 unspecified atom stereocenters. The van der Waals surface area contributed by atoms with Crippen molar-refractivity contribution in [2.75, 3.05) is 0 Å². The maximum atomic E-state index is 9.39. The first-order chi connectivity index (χ1) is 8.81. The van der Waals surface area contributed by atoms with Crippen LogP contribution in [0.15, 0.2) is 60.7 Å². The third-order valence-corrected chi connectivity index (χ3v) is 5.33. The van der Waals surface area contributed by atoms with Crippen molar-refractivity contribution in [3.05, 3.63) is 66.2 Å². The SMILES string of the molecule is CC([Se]c1ccccc1)C(NO)c1ccccc1. The molecule has 0 aromatic heterocycles. The molecule has 0 fully saturated rings. The zero-order valence-electron chi connectivity index (χ0n) is 10.3. The molecular weight excluding hydrogens is 289 g/mol. The summed E-state index contributed by atoms with van der Waals surface area (Å²) in [5, 5.41) is 9.39. The Kier molecular flexibility index (Phi) is 4.97. The fraction of sp³-hybridized carbons (Fsp3) is 0.200. The first kappa shape index (κ1) is 13.3. The molecular formula is C15H17NOSe. The van der Waals surface area contributed by atoms with Gasteiger partial charge in [-0.3, -0.25) is 0 Å². The molecule has 0 heterocycles. The predicted molar refractivity (Wildman–Crippen MR) is 75.4 cm³/mol. The molecule has 0 saturated carbocycles. The number of hydrogen-bond acceptors (Lipinski definition) is 2. The van der Waals surface area contributed by atoms with Gasteiger partial charge in [-0.2, -0.15) is 0 Å². The van der Waals surface area contributed by atoms with Gasteiger partial charge in [0, 0.05) is 0 Å². The molecule has 2 aromatic rings. The molecule has 3 heteroatoms. The Morgan fingerprint density at radius 3 is 2.06 bits per heavy atom. The van der Waals surface area contributed by atoms with Crippen molar-refractivity contribution in [1.29, 1.82) is 0 Å². The first-order valence-electron chi connectivity index (χ1n) is 5.97. The van der Waals surface area contributed by atoms with Crippen molar-refractivity contribution in [1.82, 2.24) is 5.48 Å². The van der Waals surface area contributed by atoms with E-state index >= 15 is 0 Å². The Balaban J connectivity index is 2.09. The van der Waals surface area contributed by atoms with Gasteiger partial charge < -0.3 is 0 Å². The van der Waals surface area contributed by atoms with E-state index in [-0.39, 0.29) is 6.04 Å². The van der Waals surface area contributed by atoms with Crippen molar-refractivity contribution < 1.29 is 5.21 Å². The molecule has 0 saturated heterocycles. The van der Waals surface area contributed by atoms with Gasteiger partial charge in [-0.25, -0.2) is 0 Å². The summed E-state index contributed by atoms with van der Waals surface area (Å²) in [6.45, 7) is 2.17. The molecule has 2 aromatic carbocycles. The van der Waals surface area contributed by atoms with E-state index in [9.17, 15) is 5.21 Å². The molecule has 2 rings (SSSR count). The summed E-state index contributed by atoms with van der Waals surface area (Å²) in [4.78, 5) is 0.382. The van der Waals surface area contributed by atoms with Crippen LogP contribution in [0, 0.1) is 0 Å². The summed E-state index contributed by atoms with van der Waals surface area (Å²) in [7, 11) is 0. The van der Waals surface area contributed by atoms with Crippen LogP contribution in [-0.2, 0) is 0 Å². The molecule has 0 aliphatic heterocycles. The first-order valence-corrected chi connectivity index (χ1v) is 7.82. The topological polar surface area (TPSA) is 32.3 Å². The number of nitrogens with one attached hydrogen (secondary N) is 1. The van der Waals surface area contributed by atoms with Crippen LogP contribution < -0.4 is 9.94 Å². The normalized spacial score (nSPS) is 14.1. The fourth-order valence-electron chi connectivity index (χ4n) is 1.89. The quantitative estimate of drug-likeness (QED) is 0.657. The van der Waals surface area contributed by atoms with Gasteiger partial charge in [0.1, 0.15) is 0 Å². The minimum absolute atomic E-state index is 0.00796. The summed E-state index contributed by atoms with van der Waals surface area (Å²) >= 11 is 0.331. The molecule has 2 nitrogen and oxygen atoms in total. The zero-order valence-corrected chi connectivity index (χ0v) is 12.0. The average Bonchev–Trinajstić information content (AvgIpc) is 2.42. The summed E-state index contributed by atoms with van der Waals surface area (Å²) in [5.74, 6) is 0. The van der Waals surface area contributed by atoms with Gasteiger partial charge in [0.05, 0.1) is 0 Å². The van der Waals surface area contributed by atoms with E-state index in [0.717, 1.165) is 5.56 Å². The van der Waals surface area contributed by atoms with E-state index in [0.29, 0.717) is 19.8 Å². The number of hydroxylamine groups is 1. The third kappa shape index (κ3) is 3.44. The standard InChI is InChI=1S/C15H17NOSe/c1-12(18-14-10-6-3-7-11-14)15(16-17)13-8-4-2-5-9-13/h2-12,15-17H,1H3. The monoisotopic (exact) mass is 307 g/mol. The van der Waals surface area contributed by atoms with Gasteiger partial charge in [0.15, 0.2) is 0 Å². The van der Waals surface area contributed by atoms with E-state index in [1.165, 1.54) is 4.46 Å². The average molecular weight is 306 g/mol. The van der Waals surface area contributed by atoms with Crippen molar-refractivity contribution in [3.63, 3.8) is 0 Å². The van der Waals surface area contributed by atoms with E-state index in [1.807, 2.05) is 36.4 Å². The third-order valence-electron chi connectivity index (χ3n) is 2.83. The molecule has 94 valence electrons. The van der Waals surface area contributed by atoms with Gasteiger partial charge >= 0.3 is 114 Å². The van der Waals surface area contributed by atoms with Crippen molar-refractivity contribution in [3.8, 4) is 0 Å². The van der Waals surface area contributed by atoms with Gasteiger partial charge in [-0.1, -0.05) is 0 Å². The Morgan fingerprint density at radius 2 is 1.50 bits per heavy atom. The molecule has 18 heavy (non-hydrogen) atoms. The molecule has 0 aliphatic carbocycles. The van der Waals surface area contributed by atoms with Crippen LogP contribution in [0.2, 0.25) is 4.82 Å². The molecule has 0 bridgehead atoms. The van der Waals surface area contributed by atoms with Gasteiger partial charge in [-0.05, 0) is 0 Å². The van der Waals surface area contributed by atoms with Crippen LogP contribution in [0.1, 0.15) is 18.5 Å². The van der Waals surface area contributed by atoms with Crippen LogP contribution in [0.4, 0.5) is 0 Å². The predicted octanol–water partition coefficient (Wildman–Crippen LogP) is 2.54. The molecule has 2 atom stereocenters. The molecule has 0 radical (unpaired) electrons. The van der Waals surface area contributed by atoms with E-state index in [2.05, 4.69) is 36.7 Å². The second-order valence-electron chi connectivity index (χ2n) is 4.15. The van der Waals surface area contributed by atoms with E-state index in [1.54, 1.807) is 0 Å². The fourth-order valence-corrected chi connectivity index (χ4v) is 4.20. The second-order valence-corrected chi connectivity index (χ2v) is 7.20. The van der Waals surface area contributed by atoms with E-state index < -0.39 is 0 Å². The number of benzene rings is 2. The Hall–Kier alpha value is -1.12. The van der Waals surface area contributed by atoms with Gasteiger partial charge in [0.25, 0.3) is 0 Å². The Morgan fingerprint density at radius 1 is 0.944 bits per heavy atom. The Labute approximate surface area is 114 Å². The van der Waals surface area contributed by atoms with Gasteiger partial charge in [-0.15, -0.1) is 0 Å². The van der Waals surface area contributed by atoms with Crippen LogP contribution in [0.25, 0.3) is 0 Å². The van der Waals surface area contributed by atoms with E-state index in [4.69, 9.17) is 0 Å².